The Bertz CT molecular complexity index is 820. The molecule has 0 radical (unpaired) electrons. The second-order valence-corrected chi connectivity index (χ2v) is 11.4. The summed E-state index contributed by atoms with van der Waals surface area (Å²) in [5.41, 5.74) is 21.5. The first-order valence-electron chi connectivity index (χ1n) is 16.9. The second-order valence-electron chi connectivity index (χ2n) is 11.4. The minimum Gasteiger partial charge on any atom is -0.370 e. The Balaban J connectivity index is 4.81. The molecule has 4 amide bonds. The van der Waals surface area contributed by atoms with E-state index in [1.165, 1.54) is 0 Å². The number of hydrogen-bond acceptors (Lipinski definition) is 6. The number of nitrogens with one attached hydrogen (secondary N) is 4. The Morgan fingerprint density at radius 1 is 0.533 bits per heavy atom. The Kier molecular flexibility index (Phi) is 25.7. The van der Waals surface area contributed by atoms with Gasteiger partial charge in [0.25, 0.3) is 0 Å². The lowest BCUT2D eigenvalue weighted by Crippen LogP contribution is -2.48. The molecule has 0 spiro atoms. The lowest BCUT2D eigenvalue weighted by Gasteiger charge is -2.19. The van der Waals surface area contributed by atoms with Gasteiger partial charge in [-0.2, -0.15) is 0 Å². The van der Waals surface area contributed by atoms with E-state index < -0.39 is 12.1 Å². The van der Waals surface area contributed by atoms with Crippen molar-refractivity contribution in [3.8, 4) is 0 Å². The van der Waals surface area contributed by atoms with Gasteiger partial charge in [-0.3, -0.25) is 29.2 Å². The maximum Gasteiger partial charge on any atom is 0.242 e. The summed E-state index contributed by atoms with van der Waals surface area (Å²) in [6, 6.07) is -1.41. The number of amides is 4. The van der Waals surface area contributed by atoms with Crippen LogP contribution in [0.1, 0.15) is 123 Å². The van der Waals surface area contributed by atoms with E-state index in [0.717, 1.165) is 64.2 Å². The number of guanidine groups is 2. The van der Waals surface area contributed by atoms with Crippen LogP contribution in [0.2, 0.25) is 0 Å². The van der Waals surface area contributed by atoms with Gasteiger partial charge >= 0.3 is 0 Å². The van der Waals surface area contributed by atoms with Crippen LogP contribution in [-0.4, -0.2) is 73.8 Å². The van der Waals surface area contributed by atoms with E-state index >= 15 is 0 Å². The van der Waals surface area contributed by atoms with Crippen molar-refractivity contribution in [3.05, 3.63) is 0 Å². The molecule has 0 aliphatic carbocycles. The predicted molar refractivity (Wildman–Crippen MR) is 181 cm³/mol. The van der Waals surface area contributed by atoms with Gasteiger partial charge in [0, 0.05) is 39.0 Å². The van der Waals surface area contributed by atoms with Crippen LogP contribution in [0.25, 0.3) is 0 Å². The van der Waals surface area contributed by atoms with Gasteiger partial charge in [0.2, 0.25) is 23.6 Å². The molecule has 0 aromatic rings. The molecule has 0 aliphatic rings. The Morgan fingerprint density at radius 2 is 0.911 bits per heavy atom. The molecule has 0 aromatic heterocycles. The highest BCUT2D eigenvalue weighted by atomic mass is 16.2. The number of aliphatic imine (C=N–C) groups is 2. The normalized spacial score (nSPS) is 12.0. The molecule has 12 N–H and O–H groups in total. The summed E-state index contributed by atoms with van der Waals surface area (Å²) in [5.74, 6) is -0.952. The fourth-order valence-electron chi connectivity index (χ4n) is 4.61. The molecule has 0 unspecified atom stereocenters. The summed E-state index contributed by atoms with van der Waals surface area (Å²) in [6.45, 7) is 5.59. The lowest BCUT2D eigenvalue weighted by molar-refractivity contribution is -0.129. The molecule has 0 rings (SSSR count). The molecule has 0 saturated heterocycles. The first kappa shape index (κ1) is 41.4. The number of carbonyl (C=O) groups excluding carboxylic acids is 4. The third-order valence-corrected chi connectivity index (χ3v) is 7.16. The van der Waals surface area contributed by atoms with Crippen LogP contribution in [0.4, 0.5) is 0 Å². The third kappa shape index (κ3) is 25.4. The van der Waals surface area contributed by atoms with Gasteiger partial charge in [-0.05, 0) is 44.9 Å². The number of hydrogen-bond donors (Lipinski definition) is 8. The standard InChI is InChI=1S/C31H62N10O4/c1-3-5-7-9-11-18-26(42)40-24(16-13-20-38-30(32)33)28(44)36-22-15-23-37-29(45)25(17-14-21-39-31(34)35)41-27(43)19-12-10-8-6-4-2/h24-25H,3-23H2,1-2H3,(H,36,44)(H,37,45)(H,40,42)(H,41,43)(H4,32,33,38)(H4,34,35,39)/t24-,25-/m0/s1. The zero-order valence-corrected chi connectivity index (χ0v) is 27.8. The van der Waals surface area contributed by atoms with Crippen molar-refractivity contribution in [2.75, 3.05) is 26.2 Å². The van der Waals surface area contributed by atoms with E-state index in [0.29, 0.717) is 71.1 Å². The number of nitrogens with zero attached hydrogens (tertiary/aromatic N) is 2. The van der Waals surface area contributed by atoms with Crippen LogP contribution in [0.3, 0.4) is 0 Å². The number of rotatable bonds is 28. The van der Waals surface area contributed by atoms with Crippen molar-refractivity contribution >= 4 is 35.5 Å². The number of unbranched alkanes of at least 4 members (excludes halogenated alkanes) is 8. The van der Waals surface area contributed by atoms with Crippen LogP contribution in [0, 0.1) is 0 Å². The summed E-state index contributed by atoms with van der Waals surface area (Å²) in [5, 5.41) is 11.4. The van der Waals surface area contributed by atoms with Crippen molar-refractivity contribution in [1.29, 1.82) is 0 Å². The average Bonchev–Trinajstić information content (AvgIpc) is 2.99. The molecule has 2 atom stereocenters. The molecule has 0 fully saturated rings. The third-order valence-electron chi connectivity index (χ3n) is 7.16. The fraction of sp³-hybridized carbons (Fsp3) is 0.806. The first-order chi connectivity index (χ1) is 21.6. The van der Waals surface area contributed by atoms with E-state index in [9.17, 15) is 19.2 Å². The molecule has 0 heterocycles. The molecule has 0 aliphatic heterocycles. The van der Waals surface area contributed by atoms with Gasteiger partial charge in [0.1, 0.15) is 12.1 Å². The topological polar surface area (TPSA) is 245 Å². The van der Waals surface area contributed by atoms with Crippen LogP contribution in [0.15, 0.2) is 9.98 Å². The highest BCUT2D eigenvalue weighted by Crippen LogP contribution is 2.07. The van der Waals surface area contributed by atoms with E-state index in [2.05, 4.69) is 45.1 Å². The molecular weight excluding hydrogens is 576 g/mol. The maximum absolute atomic E-state index is 12.9. The van der Waals surface area contributed by atoms with Gasteiger partial charge < -0.3 is 44.2 Å². The zero-order chi connectivity index (χ0) is 33.7. The molecular formula is C31H62N10O4. The van der Waals surface area contributed by atoms with Gasteiger partial charge in [-0.15, -0.1) is 0 Å². The van der Waals surface area contributed by atoms with Crippen molar-refractivity contribution in [2.24, 2.45) is 32.9 Å². The minimum atomic E-state index is -0.705. The van der Waals surface area contributed by atoms with Gasteiger partial charge in [-0.1, -0.05) is 65.2 Å². The molecule has 0 bridgehead atoms. The SMILES string of the molecule is CCCCCCCC(=O)N[C@@H](CCCN=C(N)N)C(=O)NCCCNC(=O)[C@H](CCCN=C(N)N)NC(=O)CCCCCCC. The van der Waals surface area contributed by atoms with Gasteiger partial charge in [-0.25, -0.2) is 0 Å². The van der Waals surface area contributed by atoms with Gasteiger partial charge in [0.15, 0.2) is 11.9 Å². The highest BCUT2D eigenvalue weighted by Gasteiger charge is 2.21. The summed E-state index contributed by atoms with van der Waals surface area (Å²) < 4.78 is 0. The van der Waals surface area contributed by atoms with E-state index in [-0.39, 0.29) is 35.5 Å². The second kappa shape index (κ2) is 27.9. The molecule has 0 aromatic carbocycles. The summed E-state index contributed by atoms with van der Waals surface area (Å²) in [7, 11) is 0. The van der Waals surface area contributed by atoms with Crippen LogP contribution >= 0.6 is 0 Å². The zero-order valence-electron chi connectivity index (χ0n) is 27.8. The van der Waals surface area contributed by atoms with Crippen molar-refractivity contribution < 1.29 is 19.2 Å². The first-order valence-corrected chi connectivity index (χ1v) is 16.9. The van der Waals surface area contributed by atoms with E-state index in [4.69, 9.17) is 22.9 Å². The Morgan fingerprint density at radius 3 is 1.27 bits per heavy atom. The number of nitrogens with two attached hydrogens (primary N) is 4. The monoisotopic (exact) mass is 638 g/mol. The summed E-state index contributed by atoms with van der Waals surface area (Å²) in [6.07, 6.45) is 13.3. The Hall–Kier alpha value is -3.58. The molecule has 0 saturated carbocycles. The molecule has 45 heavy (non-hydrogen) atoms. The summed E-state index contributed by atoms with van der Waals surface area (Å²) >= 11 is 0. The minimum absolute atomic E-state index is 0.0212. The maximum atomic E-state index is 12.9. The van der Waals surface area contributed by atoms with E-state index in [1.54, 1.807) is 0 Å². The lowest BCUT2D eigenvalue weighted by atomic mass is 10.1. The molecule has 260 valence electrons. The van der Waals surface area contributed by atoms with Crippen LogP contribution in [0.5, 0.6) is 0 Å². The predicted octanol–water partition coefficient (Wildman–Crippen LogP) is 1.41. The van der Waals surface area contributed by atoms with Crippen LogP contribution < -0.4 is 44.2 Å². The highest BCUT2D eigenvalue weighted by molar-refractivity contribution is 5.88. The fourth-order valence-corrected chi connectivity index (χ4v) is 4.61. The Labute approximate surface area is 270 Å². The van der Waals surface area contributed by atoms with Crippen molar-refractivity contribution in [3.63, 3.8) is 0 Å². The van der Waals surface area contributed by atoms with Crippen molar-refractivity contribution in [1.82, 2.24) is 21.3 Å². The quantitative estimate of drug-likeness (QED) is 0.0353. The largest absolute Gasteiger partial charge is 0.370 e. The van der Waals surface area contributed by atoms with Gasteiger partial charge in [0.05, 0.1) is 0 Å². The molecule has 14 heteroatoms. The number of carbonyl (C=O) groups is 4. The smallest absolute Gasteiger partial charge is 0.242 e. The van der Waals surface area contributed by atoms with Crippen LogP contribution in [-0.2, 0) is 19.2 Å². The van der Waals surface area contributed by atoms with E-state index in [1.807, 2.05) is 0 Å². The molecule has 14 nitrogen and oxygen atoms in total. The average molecular weight is 639 g/mol. The summed E-state index contributed by atoms with van der Waals surface area (Å²) in [4.78, 5) is 58.7. The van der Waals surface area contributed by atoms with Crippen molar-refractivity contribution in [2.45, 2.75) is 135 Å².